The zero-order valence-corrected chi connectivity index (χ0v) is 11.8. The van der Waals surface area contributed by atoms with Crippen LogP contribution in [0, 0.1) is 0 Å². The van der Waals surface area contributed by atoms with Crippen LogP contribution in [-0.2, 0) is 13.5 Å². The molecule has 1 aromatic heterocycles. The van der Waals surface area contributed by atoms with Crippen molar-refractivity contribution in [1.29, 1.82) is 0 Å². The third-order valence-corrected chi connectivity index (χ3v) is 3.62. The van der Waals surface area contributed by atoms with Crippen molar-refractivity contribution in [2.45, 2.75) is 12.5 Å². The molecule has 2 heterocycles. The third-order valence-electron chi connectivity index (χ3n) is 3.62. The Morgan fingerprint density at radius 2 is 2.10 bits per heavy atom. The van der Waals surface area contributed by atoms with Crippen molar-refractivity contribution >= 4 is 0 Å². The minimum absolute atomic E-state index is 0.201. The summed E-state index contributed by atoms with van der Waals surface area (Å²) in [5.74, 6) is 2.71. The molecular formula is C15H19N3O2. The minimum Gasteiger partial charge on any atom is -0.486 e. The zero-order valence-electron chi connectivity index (χ0n) is 11.8. The zero-order chi connectivity index (χ0) is 13.9. The van der Waals surface area contributed by atoms with E-state index in [0.717, 1.165) is 23.7 Å². The number of nitrogens with zero attached hydrogens (tertiary/aromatic N) is 2. The SMILES string of the molecule is CNC(Cc1nccn1C)c1ccc2c(c1)OCCO2. The van der Waals surface area contributed by atoms with Crippen molar-refractivity contribution in [3.05, 3.63) is 42.0 Å². The fourth-order valence-electron chi connectivity index (χ4n) is 2.44. The highest BCUT2D eigenvalue weighted by molar-refractivity contribution is 5.44. The quantitative estimate of drug-likeness (QED) is 0.921. The summed E-state index contributed by atoms with van der Waals surface area (Å²) in [5, 5.41) is 3.34. The summed E-state index contributed by atoms with van der Waals surface area (Å²) < 4.78 is 13.2. The Kier molecular flexibility index (Phi) is 3.60. The predicted molar refractivity (Wildman–Crippen MR) is 76.1 cm³/mol. The minimum atomic E-state index is 0.201. The van der Waals surface area contributed by atoms with Gasteiger partial charge < -0.3 is 19.4 Å². The monoisotopic (exact) mass is 273 g/mol. The van der Waals surface area contributed by atoms with E-state index in [-0.39, 0.29) is 6.04 Å². The predicted octanol–water partition coefficient (Wildman–Crippen LogP) is 1.69. The molecular weight excluding hydrogens is 254 g/mol. The lowest BCUT2D eigenvalue weighted by Crippen LogP contribution is -2.21. The normalized spacial score (nSPS) is 15.1. The first-order chi connectivity index (χ1) is 9.78. The van der Waals surface area contributed by atoms with Crippen LogP contribution in [0.4, 0.5) is 0 Å². The molecule has 0 aliphatic carbocycles. The molecule has 106 valence electrons. The number of aryl methyl sites for hydroxylation is 1. The van der Waals surface area contributed by atoms with Crippen molar-refractivity contribution < 1.29 is 9.47 Å². The number of nitrogens with one attached hydrogen (secondary N) is 1. The topological polar surface area (TPSA) is 48.3 Å². The molecule has 1 aliphatic heterocycles. The molecule has 1 N–H and O–H groups in total. The first kappa shape index (κ1) is 13.0. The molecule has 5 nitrogen and oxygen atoms in total. The standard InChI is InChI=1S/C15H19N3O2/c1-16-12(10-15-17-5-6-18(15)2)11-3-4-13-14(9-11)20-8-7-19-13/h3-6,9,12,16H,7-8,10H2,1-2H3. The molecule has 1 atom stereocenters. The maximum atomic E-state index is 5.64. The molecule has 0 spiro atoms. The van der Waals surface area contributed by atoms with Gasteiger partial charge in [-0.3, -0.25) is 0 Å². The summed E-state index contributed by atoms with van der Waals surface area (Å²) in [6.45, 7) is 1.23. The molecule has 0 fully saturated rings. The number of hydrogen-bond acceptors (Lipinski definition) is 4. The van der Waals surface area contributed by atoms with Crippen molar-refractivity contribution in [3.63, 3.8) is 0 Å². The summed E-state index contributed by atoms with van der Waals surface area (Å²) in [7, 11) is 3.98. The van der Waals surface area contributed by atoms with Crippen LogP contribution < -0.4 is 14.8 Å². The van der Waals surface area contributed by atoms with Gasteiger partial charge in [0.25, 0.3) is 0 Å². The van der Waals surface area contributed by atoms with E-state index < -0.39 is 0 Å². The van der Waals surface area contributed by atoms with Crippen LogP contribution in [0.5, 0.6) is 11.5 Å². The Labute approximate surface area is 118 Å². The lowest BCUT2D eigenvalue weighted by atomic mass is 10.0. The van der Waals surface area contributed by atoms with Crippen LogP contribution in [0.2, 0.25) is 0 Å². The Balaban J connectivity index is 1.84. The van der Waals surface area contributed by atoms with E-state index in [2.05, 4.69) is 22.4 Å². The largest absolute Gasteiger partial charge is 0.486 e. The van der Waals surface area contributed by atoms with Crippen LogP contribution in [-0.4, -0.2) is 29.8 Å². The van der Waals surface area contributed by atoms with Crippen LogP contribution in [0.25, 0.3) is 0 Å². The maximum Gasteiger partial charge on any atom is 0.161 e. The molecule has 0 bridgehead atoms. The van der Waals surface area contributed by atoms with Crippen LogP contribution >= 0.6 is 0 Å². The van der Waals surface area contributed by atoms with Gasteiger partial charge in [0, 0.05) is 31.9 Å². The summed E-state index contributed by atoms with van der Waals surface area (Å²) in [5.41, 5.74) is 1.18. The maximum absolute atomic E-state index is 5.64. The molecule has 20 heavy (non-hydrogen) atoms. The van der Waals surface area contributed by atoms with Crippen molar-refractivity contribution in [1.82, 2.24) is 14.9 Å². The molecule has 1 unspecified atom stereocenters. The highest BCUT2D eigenvalue weighted by atomic mass is 16.6. The van der Waals surface area contributed by atoms with Gasteiger partial charge in [-0.05, 0) is 24.7 Å². The van der Waals surface area contributed by atoms with Gasteiger partial charge in [-0.15, -0.1) is 0 Å². The molecule has 0 saturated carbocycles. The second kappa shape index (κ2) is 5.54. The lowest BCUT2D eigenvalue weighted by Gasteiger charge is -2.22. The van der Waals surface area contributed by atoms with Crippen molar-refractivity contribution in [3.8, 4) is 11.5 Å². The Hall–Kier alpha value is -2.01. The molecule has 0 radical (unpaired) electrons. The first-order valence-corrected chi connectivity index (χ1v) is 6.81. The smallest absolute Gasteiger partial charge is 0.161 e. The van der Waals surface area contributed by atoms with Gasteiger partial charge in [0.15, 0.2) is 11.5 Å². The van der Waals surface area contributed by atoms with E-state index in [0.29, 0.717) is 13.2 Å². The van der Waals surface area contributed by atoms with Gasteiger partial charge in [0.05, 0.1) is 0 Å². The van der Waals surface area contributed by atoms with Gasteiger partial charge in [-0.25, -0.2) is 4.98 Å². The molecule has 0 saturated heterocycles. The molecule has 0 amide bonds. The van der Waals surface area contributed by atoms with Crippen molar-refractivity contribution in [2.75, 3.05) is 20.3 Å². The van der Waals surface area contributed by atoms with E-state index >= 15 is 0 Å². The fourth-order valence-corrected chi connectivity index (χ4v) is 2.44. The van der Waals surface area contributed by atoms with E-state index in [1.165, 1.54) is 5.56 Å². The van der Waals surface area contributed by atoms with Gasteiger partial charge in [0.1, 0.15) is 19.0 Å². The fraction of sp³-hybridized carbons (Fsp3) is 0.400. The van der Waals surface area contributed by atoms with Crippen LogP contribution in [0.1, 0.15) is 17.4 Å². The summed E-state index contributed by atoms with van der Waals surface area (Å²) in [6.07, 6.45) is 4.62. The summed E-state index contributed by atoms with van der Waals surface area (Å²) in [4.78, 5) is 4.38. The second-order valence-corrected chi connectivity index (χ2v) is 4.90. The lowest BCUT2D eigenvalue weighted by molar-refractivity contribution is 0.171. The number of aromatic nitrogens is 2. The summed E-state index contributed by atoms with van der Waals surface area (Å²) in [6, 6.07) is 6.31. The molecule has 5 heteroatoms. The summed E-state index contributed by atoms with van der Waals surface area (Å²) >= 11 is 0. The molecule has 1 aliphatic rings. The van der Waals surface area contributed by atoms with Crippen molar-refractivity contribution in [2.24, 2.45) is 7.05 Å². The van der Waals surface area contributed by atoms with E-state index in [4.69, 9.17) is 9.47 Å². The van der Waals surface area contributed by atoms with Gasteiger partial charge >= 0.3 is 0 Å². The average Bonchev–Trinajstić information content (AvgIpc) is 2.89. The number of hydrogen-bond donors (Lipinski definition) is 1. The van der Waals surface area contributed by atoms with E-state index in [1.807, 2.05) is 37.1 Å². The third kappa shape index (κ3) is 2.49. The molecule has 2 aromatic rings. The Morgan fingerprint density at radius 1 is 1.30 bits per heavy atom. The Morgan fingerprint density at radius 3 is 2.80 bits per heavy atom. The number of imidazole rings is 1. The average molecular weight is 273 g/mol. The number of benzene rings is 1. The van der Waals surface area contributed by atoms with Gasteiger partial charge in [0.2, 0.25) is 0 Å². The first-order valence-electron chi connectivity index (χ1n) is 6.81. The molecule has 3 rings (SSSR count). The number of rotatable bonds is 4. The van der Waals surface area contributed by atoms with Crippen LogP contribution in [0.15, 0.2) is 30.6 Å². The molecule has 1 aromatic carbocycles. The van der Waals surface area contributed by atoms with Gasteiger partial charge in [-0.2, -0.15) is 0 Å². The number of fused-ring (bicyclic) bond motifs is 1. The second-order valence-electron chi connectivity index (χ2n) is 4.90. The Bertz CT molecular complexity index is 595. The highest BCUT2D eigenvalue weighted by Gasteiger charge is 2.17. The van der Waals surface area contributed by atoms with Gasteiger partial charge in [-0.1, -0.05) is 6.07 Å². The number of ether oxygens (including phenoxy) is 2. The highest BCUT2D eigenvalue weighted by Crippen LogP contribution is 2.33. The van der Waals surface area contributed by atoms with E-state index in [1.54, 1.807) is 0 Å². The van der Waals surface area contributed by atoms with E-state index in [9.17, 15) is 0 Å². The number of likely N-dealkylation sites (N-methyl/N-ethyl adjacent to an activating group) is 1. The van der Waals surface area contributed by atoms with Crippen LogP contribution in [0.3, 0.4) is 0 Å².